The van der Waals surface area contributed by atoms with Gasteiger partial charge in [0.15, 0.2) is 6.10 Å². The van der Waals surface area contributed by atoms with E-state index in [0.29, 0.717) is 13.0 Å². The van der Waals surface area contributed by atoms with E-state index in [1.807, 2.05) is 32.9 Å². The van der Waals surface area contributed by atoms with Crippen LogP contribution >= 0.6 is 0 Å². The molecule has 0 bridgehead atoms. The molecule has 0 saturated carbocycles. The summed E-state index contributed by atoms with van der Waals surface area (Å²) in [6.45, 7) is 10.8. The highest BCUT2D eigenvalue weighted by molar-refractivity contribution is 5.81. The molecule has 0 saturated heterocycles. The van der Waals surface area contributed by atoms with Gasteiger partial charge in [-0.1, -0.05) is 51.1 Å². The molecule has 0 radical (unpaired) electrons. The highest BCUT2D eigenvalue weighted by Gasteiger charge is 2.19. The lowest BCUT2D eigenvalue weighted by Gasteiger charge is -2.19. The smallest absolute Gasteiger partial charge is 0.261 e. The summed E-state index contributed by atoms with van der Waals surface area (Å²) in [5, 5.41) is 3.07. The van der Waals surface area contributed by atoms with Crippen LogP contribution in [0.15, 0.2) is 36.4 Å². The normalized spacial score (nSPS) is 11.9. The van der Waals surface area contributed by atoms with Crippen LogP contribution in [-0.4, -0.2) is 12.0 Å². The Morgan fingerprint density at radius 2 is 1.77 bits per heavy atom. The van der Waals surface area contributed by atoms with E-state index >= 15 is 0 Å². The molecule has 0 heterocycles. The summed E-state index contributed by atoms with van der Waals surface area (Å²) in [5.41, 5.74) is 5.95. The van der Waals surface area contributed by atoms with Gasteiger partial charge in [-0.2, -0.15) is 0 Å². The molecule has 140 valence electrons. The second-order valence-corrected chi connectivity index (χ2v) is 6.81. The second kappa shape index (κ2) is 9.42. The van der Waals surface area contributed by atoms with Crippen LogP contribution in [0.4, 0.5) is 0 Å². The largest absolute Gasteiger partial charge is 0.480 e. The van der Waals surface area contributed by atoms with E-state index in [9.17, 15) is 4.79 Å². The van der Waals surface area contributed by atoms with Crippen molar-refractivity contribution in [1.29, 1.82) is 0 Å². The Morgan fingerprint density at radius 1 is 1.00 bits per heavy atom. The van der Waals surface area contributed by atoms with Gasteiger partial charge in [-0.25, -0.2) is 0 Å². The molecular formula is C23H31NO2. The Morgan fingerprint density at radius 3 is 2.42 bits per heavy atom. The first-order valence-electron chi connectivity index (χ1n) is 9.60. The third-order valence-electron chi connectivity index (χ3n) is 4.79. The average Bonchev–Trinajstić information content (AvgIpc) is 2.66. The molecule has 26 heavy (non-hydrogen) atoms. The maximum absolute atomic E-state index is 12.7. The van der Waals surface area contributed by atoms with Crippen molar-refractivity contribution < 1.29 is 9.53 Å². The van der Waals surface area contributed by atoms with E-state index in [2.05, 4.69) is 43.4 Å². The monoisotopic (exact) mass is 353 g/mol. The molecule has 2 aromatic rings. The van der Waals surface area contributed by atoms with Crippen LogP contribution in [-0.2, 0) is 24.2 Å². The summed E-state index contributed by atoms with van der Waals surface area (Å²) >= 11 is 0. The van der Waals surface area contributed by atoms with E-state index in [4.69, 9.17) is 4.74 Å². The molecule has 0 aliphatic rings. The number of hydrogen-bond acceptors (Lipinski definition) is 2. The van der Waals surface area contributed by atoms with Gasteiger partial charge < -0.3 is 10.1 Å². The molecular weight excluding hydrogens is 322 g/mol. The summed E-state index contributed by atoms with van der Waals surface area (Å²) in [5.74, 6) is 0.728. The van der Waals surface area contributed by atoms with Crippen LogP contribution in [0, 0.1) is 13.8 Å². The minimum absolute atomic E-state index is 0.0580. The van der Waals surface area contributed by atoms with Crippen molar-refractivity contribution in [2.75, 3.05) is 0 Å². The van der Waals surface area contributed by atoms with Gasteiger partial charge >= 0.3 is 0 Å². The van der Waals surface area contributed by atoms with Crippen molar-refractivity contribution in [2.45, 2.75) is 66.5 Å². The van der Waals surface area contributed by atoms with Gasteiger partial charge in [-0.3, -0.25) is 4.79 Å². The van der Waals surface area contributed by atoms with Crippen molar-refractivity contribution in [3.8, 4) is 5.75 Å². The van der Waals surface area contributed by atoms with Gasteiger partial charge in [0.25, 0.3) is 5.91 Å². The number of benzene rings is 2. The number of amides is 1. The molecule has 0 aromatic heterocycles. The van der Waals surface area contributed by atoms with E-state index in [1.54, 1.807) is 0 Å². The van der Waals surface area contributed by atoms with Gasteiger partial charge in [0.05, 0.1) is 0 Å². The molecule has 3 nitrogen and oxygen atoms in total. The SMILES string of the molecule is CCc1ccc(CC)c(CNC(=O)[C@H](CC)Oc2cc(C)ccc2C)c1. The molecule has 1 amide bonds. The fourth-order valence-electron chi connectivity index (χ4n) is 3.01. The zero-order valence-electron chi connectivity index (χ0n) is 16.7. The minimum Gasteiger partial charge on any atom is -0.480 e. The fourth-order valence-corrected chi connectivity index (χ4v) is 3.01. The number of carbonyl (C=O) groups is 1. The predicted octanol–water partition coefficient (Wildman–Crippen LogP) is 4.90. The van der Waals surface area contributed by atoms with Gasteiger partial charge in [0.1, 0.15) is 5.75 Å². The highest BCUT2D eigenvalue weighted by atomic mass is 16.5. The first kappa shape index (κ1) is 20.0. The number of carbonyl (C=O) groups excluding carboxylic acids is 1. The number of hydrogen-bond donors (Lipinski definition) is 1. The molecule has 2 rings (SSSR count). The molecule has 0 unspecified atom stereocenters. The van der Waals surface area contributed by atoms with Crippen LogP contribution in [0.3, 0.4) is 0 Å². The first-order valence-corrected chi connectivity index (χ1v) is 9.60. The lowest BCUT2D eigenvalue weighted by molar-refractivity contribution is -0.128. The van der Waals surface area contributed by atoms with E-state index in [-0.39, 0.29) is 5.91 Å². The lowest BCUT2D eigenvalue weighted by Crippen LogP contribution is -2.38. The zero-order valence-corrected chi connectivity index (χ0v) is 16.7. The molecule has 0 aliphatic carbocycles. The first-order chi connectivity index (χ1) is 12.5. The molecule has 2 aromatic carbocycles. The van der Waals surface area contributed by atoms with Crippen molar-refractivity contribution >= 4 is 5.91 Å². The Kier molecular flexibility index (Phi) is 7.26. The third-order valence-corrected chi connectivity index (χ3v) is 4.79. The number of rotatable bonds is 8. The van der Waals surface area contributed by atoms with Crippen LogP contribution in [0.2, 0.25) is 0 Å². The van der Waals surface area contributed by atoms with E-state index in [1.165, 1.54) is 16.7 Å². The number of aryl methyl sites for hydroxylation is 4. The second-order valence-electron chi connectivity index (χ2n) is 6.81. The van der Waals surface area contributed by atoms with Crippen molar-refractivity contribution in [3.05, 3.63) is 64.2 Å². The summed E-state index contributed by atoms with van der Waals surface area (Å²) in [7, 11) is 0. The average molecular weight is 354 g/mol. The Bertz CT molecular complexity index is 752. The molecule has 0 aliphatic heterocycles. The topological polar surface area (TPSA) is 38.3 Å². The van der Waals surface area contributed by atoms with Crippen molar-refractivity contribution in [3.63, 3.8) is 0 Å². The molecule has 1 atom stereocenters. The quantitative estimate of drug-likeness (QED) is 0.733. The summed E-state index contributed by atoms with van der Waals surface area (Å²) < 4.78 is 6.01. The lowest BCUT2D eigenvalue weighted by atomic mass is 10.0. The highest BCUT2D eigenvalue weighted by Crippen LogP contribution is 2.21. The molecule has 3 heteroatoms. The maximum atomic E-state index is 12.7. The van der Waals surface area contributed by atoms with Gasteiger partial charge in [0.2, 0.25) is 0 Å². The van der Waals surface area contributed by atoms with Gasteiger partial charge in [-0.05, 0) is 67.0 Å². The Hall–Kier alpha value is -2.29. The van der Waals surface area contributed by atoms with Crippen LogP contribution in [0.5, 0.6) is 5.75 Å². The summed E-state index contributed by atoms with van der Waals surface area (Å²) in [6, 6.07) is 12.6. The minimum atomic E-state index is -0.477. The van der Waals surface area contributed by atoms with Gasteiger partial charge in [0, 0.05) is 6.54 Å². The van der Waals surface area contributed by atoms with E-state index < -0.39 is 6.10 Å². The third kappa shape index (κ3) is 5.10. The van der Waals surface area contributed by atoms with Crippen molar-refractivity contribution in [1.82, 2.24) is 5.32 Å². The van der Waals surface area contributed by atoms with E-state index in [0.717, 1.165) is 29.7 Å². The van der Waals surface area contributed by atoms with Gasteiger partial charge in [-0.15, -0.1) is 0 Å². The number of ether oxygens (including phenoxy) is 1. The fraction of sp³-hybridized carbons (Fsp3) is 0.435. The summed E-state index contributed by atoms with van der Waals surface area (Å²) in [4.78, 5) is 12.7. The van der Waals surface area contributed by atoms with Crippen LogP contribution in [0.1, 0.15) is 55.0 Å². The molecule has 1 N–H and O–H groups in total. The Labute approximate surface area is 157 Å². The Balaban J connectivity index is 2.06. The predicted molar refractivity (Wildman–Crippen MR) is 108 cm³/mol. The zero-order chi connectivity index (χ0) is 19.1. The molecule has 0 fully saturated rings. The molecule has 0 spiro atoms. The number of nitrogens with one attached hydrogen (secondary N) is 1. The van der Waals surface area contributed by atoms with Crippen LogP contribution in [0.25, 0.3) is 0 Å². The summed E-state index contributed by atoms with van der Waals surface area (Å²) in [6.07, 6.45) is 2.12. The maximum Gasteiger partial charge on any atom is 0.261 e. The standard InChI is InChI=1S/C23H31NO2/c1-6-18-11-12-19(7-2)20(14-18)15-24-23(25)21(8-3)26-22-13-16(4)9-10-17(22)5/h9-14,21H,6-8,15H2,1-5H3,(H,24,25)/t21-/m0/s1. The van der Waals surface area contributed by atoms with Crippen LogP contribution < -0.4 is 10.1 Å². The van der Waals surface area contributed by atoms with Crippen molar-refractivity contribution in [2.24, 2.45) is 0 Å².